The molecule has 9 nitrogen and oxygen atoms in total. The maximum Gasteiger partial charge on any atom is 0.338 e. The summed E-state index contributed by atoms with van der Waals surface area (Å²) in [6.07, 6.45) is 4.68. The number of amides is 3. The van der Waals surface area contributed by atoms with Gasteiger partial charge in [0.25, 0.3) is 17.7 Å². The minimum atomic E-state index is -0.762. The number of benzene rings is 2. The topological polar surface area (TPSA) is 111 Å². The van der Waals surface area contributed by atoms with E-state index in [1.54, 1.807) is 18.2 Å². The van der Waals surface area contributed by atoms with Crippen molar-refractivity contribution in [1.82, 2.24) is 4.90 Å². The minimum Gasteiger partial charge on any atom is -0.493 e. The smallest absolute Gasteiger partial charge is 0.338 e. The minimum absolute atomic E-state index is 0.100. The second kappa shape index (κ2) is 9.94. The maximum atomic E-state index is 12.9. The first kappa shape index (κ1) is 23.3. The number of methoxy groups -OCH3 is 2. The van der Waals surface area contributed by atoms with Crippen LogP contribution in [0.1, 0.15) is 63.2 Å². The number of hydrogen-bond acceptors (Lipinski definition) is 7. The van der Waals surface area contributed by atoms with Crippen LogP contribution in [-0.4, -0.2) is 55.5 Å². The van der Waals surface area contributed by atoms with E-state index in [1.165, 1.54) is 37.3 Å². The molecule has 0 atom stereocenters. The monoisotopic (exact) mass is 466 g/mol. The van der Waals surface area contributed by atoms with Gasteiger partial charge in [-0.2, -0.15) is 0 Å². The van der Waals surface area contributed by atoms with Gasteiger partial charge in [-0.1, -0.05) is 19.3 Å². The number of imide groups is 1. The number of anilines is 1. The Hall–Kier alpha value is -3.88. The molecule has 0 bridgehead atoms. The van der Waals surface area contributed by atoms with Gasteiger partial charge in [0.15, 0.2) is 18.1 Å². The molecule has 3 amide bonds. The molecule has 0 radical (unpaired) electrons. The SMILES string of the molecule is COc1ccc(NC(=O)COC(=O)c2ccc3c(c2)C(=O)N(C2CCCCC2)C3=O)cc1OC. The van der Waals surface area contributed by atoms with Crippen LogP contribution >= 0.6 is 0 Å². The third-order valence-electron chi connectivity index (χ3n) is 6.10. The molecule has 0 spiro atoms. The summed E-state index contributed by atoms with van der Waals surface area (Å²) in [4.78, 5) is 51.8. The first-order valence-electron chi connectivity index (χ1n) is 11.1. The lowest BCUT2D eigenvalue weighted by molar-refractivity contribution is -0.119. The van der Waals surface area contributed by atoms with Crippen molar-refractivity contribution < 1.29 is 33.4 Å². The van der Waals surface area contributed by atoms with Crippen LogP contribution in [0, 0.1) is 0 Å². The van der Waals surface area contributed by atoms with Crippen molar-refractivity contribution >= 4 is 29.4 Å². The van der Waals surface area contributed by atoms with Crippen molar-refractivity contribution in [1.29, 1.82) is 0 Å². The molecular weight excluding hydrogens is 440 g/mol. The number of esters is 1. The van der Waals surface area contributed by atoms with E-state index < -0.39 is 18.5 Å². The average Bonchev–Trinajstić information content (AvgIpc) is 3.12. The highest BCUT2D eigenvalue weighted by molar-refractivity contribution is 6.22. The Morgan fingerprint density at radius 2 is 1.62 bits per heavy atom. The van der Waals surface area contributed by atoms with Crippen LogP contribution in [0.15, 0.2) is 36.4 Å². The van der Waals surface area contributed by atoms with Crippen LogP contribution in [0.5, 0.6) is 11.5 Å². The van der Waals surface area contributed by atoms with E-state index in [2.05, 4.69) is 5.32 Å². The molecule has 1 heterocycles. The number of nitrogens with zero attached hydrogens (tertiary/aromatic N) is 1. The third-order valence-corrected chi connectivity index (χ3v) is 6.10. The summed E-state index contributed by atoms with van der Waals surface area (Å²) >= 11 is 0. The fraction of sp³-hybridized carbons (Fsp3) is 0.360. The number of rotatable bonds is 7. The summed E-state index contributed by atoms with van der Waals surface area (Å²) in [6.45, 7) is -0.522. The molecule has 2 aromatic rings. The molecule has 1 aliphatic carbocycles. The van der Waals surface area contributed by atoms with Crippen molar-refractivity contribution in [3.63, 3.8) is 0 Å². The lowest BCUT2D eigenvalue weighted by atomic mass is 9.94. The molecule has 0 saturated heterocycles. The second-order valence-electron chi connectivity index (χ2n) is 8.23. The summed E-state index contributed by atoms with van der Waals surface area (Å²) in [5, 5.41) is 2.61. The highest BCUT2D eigenvalue weighted by Gasteiger charge is 2.40. The molecule has 2 aromatic carbocycles. The van der Waals surface area contributed by atoms with Crippen LogP contribution < -0.4 is 14.8 Å². The summed E-state index contributed by atoms with van der Waals surface area (Å²) < 4.78 is 15.5. The first-order valence-corrected chi connectivity index (χ1v) is 11.1. The zero-order valence-corrected chi connectivity index (χ0v) is 19.1. The van der Waals surface area contributed by atoms with Crippen LogP contribution in [0.4, 0.5) is 5.69 Å². The predicted molar refractivity (Wildman–Crippen MR) is 122 cm³/mol. The van der Waals surface area contributed by atoms with Gasteiger partial charge in [0.05, 0.1) is 30.9 Å². The van der Waals surface area contributed by atoms with Crippen molar-refractivity contribution in [3.8, 4) is 11.5 Å². The average molecular weight is 466 g/mol. The fourth-order valence-corrected chi connectivity index (χ4v) is 4.38. The van der Waals surface area contributed by atoms with Crippen LogP contribution in [0.3, 0.4) is 0 Å². The summed E-state index contributed by atoms with van der Waals surface area (Å²) in [6, 6.07) is 9.02. The Labute approximate surface area is 197 Å². The van der Waals surface area contributed by atoms with Crippen molar-refractivity contribution in [3.05, 3.63) is 53.1 Å². The van der Waals surface area contributed by atoms with Gasteiger partial charge < -0.3 is 19.5 Å². The normalized spacial score (nSPS) is 15.6. The molecular formula is C25H26N2O7. The van der Waals surface area contributed by atoms with Gasteiger partial charge >= 0.3 is 5.97 Å². The lowest BCUT2D eigenvalue weighted by Crippen LogP contribution is -2.40. The number of carbonyl (C=O) groups is 4. The first-order chi connectivity index (χ1) is 16.4. The number of fused-ring (bicyclic) bond motifs is 1. The molecule has 9 heteroatoms. The molecule has 4 rings (SSSR count). The molecule has 0 unspecified atom stereocenters. The van der Waals surface area contributed by atoms with Crippen LogP contribution in [-0.2, 0) is 9.53 Å². The van der Waals surface area contributed by atoms with E-state index in [0.29, 0.717) is 22.7 Å². The van der Waals surface area contributed by atoms with Crippen molar-refractivity contribution in [2.45, 2.75) is 38.1 Å². The number of hydrogen-bond donors (Lipinski definition) is 1. The summed E-state index contributed by atoms with van der Waals surface area (Å²) in [7, 11) is 2.99. The van der Waals surface area contributed by atoms with Gasteiger partial charge in [-0.3, -0.25) is 19.3 Å². The standard InChI is InChI=1S/C25H26N2O7/c1-32-20-11-9-16(13-21(20)33-2)26-22(28)14-34-25(31)15-8-10-18-19(12-15)24(30)27(23(18)29)17-6-4-3-5-7-17/h8-13,17H,3-7,14H2,1-2H3,(H,26,28). The van der Waals surface area contributed by atoms with E-state index in [0.717, 1.165) is 32.1 Å². The Balaban J connectivity index is 1.38. The Morgan fingerprint density at radius 1 is 0.912 bits per heavy atom. The van der Waals surface area contributed by atoms with E-state index in [1.807, 2.05) is 0 Å². The van der Waals surface area contributed by atoms with E-state index in [9.17, 15) is 19.2 Å². The molecule has 1 fully saturated rings. The number of nitrogens with one attached hydrogen (secondary N) is 1. The van der Waals surface area contributed by atoms with Gasteiger partial charge in [0, 0.05) is 17.8 Å². The number of ether oxygens (including phenoxy) is 3. The van der Waals surface area contributed by atoms with Gasteiger partial charge in [-0.05, 0) is 43.2 Å². The molecule has 1 aliphatic heterocycles. The van der Waals surface area contributed by atoms with Crippen molar-refractivity contribution in [2.24, 2.45) is 0 Å². The summed E-state index contributed by atoms with van der Waals surface area (Å²) in [5.74, 6) is -1.05. The zero-order valence-electron chi connectivity index (χ0n) is 19.1. The van der Waals surface area contributed by atoms with Crippen LogP contribution in [0.25, 0.3) is 0 Å². The van der Waals surface area contributed by atoms with E-state index >= 15 is 0 Å². The van der Waals surface area contributed by atoms with Gasteiger partial charge in [0.2, 0.25) is 0 Å². The molecule has 1 N–H and O–H groups in total. The number of carbonyl (C=O) groups excluding carboxylic acids is 4. The molecule has 34 heavy (non-hydrogen) atoms. The largest absolute Gasteiger partial charge is 0.493 e. The van der Waals surface area contributed by atoms with Crippen molar-refractivity contribution in [2.75, 3.05) is 26.1 Å². The molecule has 0 aromatic heterocycles. The predicted octanol–water partition coefficient (Wildman–Crippen LogP) is 3.43. The summed E-state index contributed by atoms with van der Waals surface area (Å²) in [5.41, 5.74) is 1.03. The van der Waals surface area contributed by atoms with Gasteiger partial charge in [-0.15, -0.1) is 0 Å². The molecule has 1 saturated carbocycles. The third kappa shape index (κ3) is 4.59. The Bertz CT molecular complexity index is 1140. The molecule has 178 valence electrons. The second-order valence-corrected chi connectivity index (χ2v) is 8.23. The fourth-order valence-electron chi connectivity index (χ4n) is 4.38. The lowest BCUT2D eigenvalue weighted by Gasteiger charge is -2.29. The van der Waals surface area contributed by atoms with Gasteiger partial charge in [0.1, 0.15) is 0 Å². The zero-order chi connectivity index (χ0) is 24.2. The van der Waals surface area contributed by atoms with Crippen LogP contribution in [0.2, 0.25) is 0 Å². The van der Waals surface area contributed by atoms with E-state index in [-0.39, 0.29) is 29.0 Å². The van der Waals surface area contributed by atoms with E-state index in [4.69, 9.17) is 14.2 Å². The Morgan fingerprint density at radius 3 is 2.32 bits per heavy atom. The van der Waals surface area contributed by atoms with Gasteiger partial charge in [-0.25, -0.2) is 4.79 Å². The quantitative estimate of drug-likeness (QED) is 0.492. The Kier molecular flexibility index (Phi) is 6.81. The highest BCUT2D eigenvalue weighted by atomic mass is 16.5. The molecule has 2 aliphatic rings. The maximum absolute atomic E-state index is 12.9. The highest BCUT2D eigenvalue weighted by Crippen LogP contribution is 2.32.